The topological polar surface area (TPSA) is 101 Å². The lowest BCUT2D eigenvalue weighted by Crippen LogP contribution is -2.29. The summed E-state index contributed by atoms with van der Waals surface area (Å²) in [5, 5.41) is 12.3. The molecule has 1 aliphatic heterocycles. The van der Waals surface area contributed by atoms with Gasteiger partial charge in [-0.25, -0.2) is 9.78 Å². The van der Waals surface area contributed by atoms with Crippen LogP contribution in [0.25, 0.3) is 6.08 Å². The third-order valence-corrected chi connectivity index (χ3v) is 6.02. The van der Waals surface area contributed by atoms with Crippen LogP contribution in [0.2, 0.25) is 0 Å². The maximum atomic E-state index is 12.9. The highest BCUT2D eigenvalue weighted by Gasteiger charge is 2.33. The summed E-state index contributed by atoms with van der Waals surface area (Å²) in [4.78, 5) is 35.1. The Bertz CT molecular complexity index is 1000. The molecule has 8 nitrogen and oxygen atoms in total. The number of aromatic nitrogens is 1. The first-order chi connectivity index (χ1) is 15.0. The Morgan fingerprint density at radius 1 is 1.35 bits per heavy atom. The number of carbonyl (C=O) groups is 2. The highest BCUT2D eigenvalue weighted by Crippen LogP contribution is 2.36. The maximum absolute atomic E-state index is 12.9. The van der Waals surface area contributed by atoms with Crippen LogP contribution in [0.5, 0.6) is 11.5 Å². The number of methoxy groups -OCH3 is 1. The first-order valence-electron chi connectivity index (χ1n) is 9.73. The summed E-state index contributed by atoms with van der Waals surface area (Å²) in [5.41, 5.74) is 0.732. The van der Waals surface area contributed by atoms with E-state index in [2.05, 4.69) is 9.98 Å². The minimum absolute atomic E-state index is 0.113. The Morgan fingerprint density at radius 3 is 2.77 bits per heavy atom. The number of amidine groups is 1. The average molecular weight is 462 g/mol. The van der Waals surface area contributed by atoms with Gasteiger partial charge < -0.3 is 14.6 Å². The number of aliphatic carboxylic acids is 1. The lowest BCUT2D eigenvalue weighted by Gasteiger charge is -2.16. The number of rotatable bonds is 9. The van der Waals surface area contributed by atoms with Crippen molar-refractivity contribution in [3.8, 4) is 11.5 Å². The molecule has 0 bridgehead atoms. The molecule has 1 N–H and O–H groups in total. The molecule has 1 amide bonds. The van der Waals surface area contributed by atoms with E-state index in [1.54, 1.807) is 42.3 Å². The van der Waals surface area contributed by atoms with Gasteiger partial charge >= 0.3 is 5.97 Å². The van der Waals surface area contributed by atoms with Crippen LogP contribution in [0.3, 0.4) is 0 Å². The molecule has 1 unspecified atom stereocenters. The molecule has 2 heterocycles. The molecule has 10 heteroatoms. The van der Waals surface area contributed by atoms with Gasteiger partial charge in [0.25, 0.3) is 5.91 Å². The second-order valence-electron chi connectivity index (χ2n) is 6.54. The van der Waals surface area contributed by atoms with Crippen LogP contribution in [-0.4, -0.2) is 51.8 Å². The highest BCUT2D eigenvalue weighted by atomic mass is 32.2. The molecule has 1 atom stereocenters. The lowest BCUT2D eigenvalue weighted by molar-refractivity contribution is -0.145. The predicted octanol–water partition coefficient (Wildman–Crippen LogP) is 4.41. The molecule has 0 spiro atoms. The van der Waals surface area contributed by atoms with Crippen molar-refractivity contribution in [3.63, 3.8) is 0 Å². The van der Waals surface area contributed by atoms with Crippen LogP contribution in [0.1, 0.15) is 32.3 Å². The van der Waals surface area contributed by atoms with Crippen LogP contribution in [0.4, 0.5) is 5.13 Å². The SMILES string of the molecule is CCCN1C(=O)/C(=C\c2ccc(OC(CC)C(=O)O)c(OC)c2)S/C1=N/c1nccs1. The van der Waals surface area contributed by atoms with Gasteiger partial charge in [0, 0.05) is 18.1 Å². The average Bonchev–Trinajstić information content (AvgIpc) is 3.36. The first kappa shape index (κ1) is 22.8. The molecule has 164 valence electrons. The van der Waals surface area contributed by atoms with Gasteiger partial charge in [-0.05, 0) is 48.4 Å². The van der Waals surface area contributed by atoms with Gasteiger partial charge in [-0.2, -0.15) is 4.99 Å². The zero-order chi connectivity index (χ0) is 22.4. The second kappa shape index (κ2) is 10.5. The van der Waals surface area contributed by atoms with Crippen molar-refractivity contribution in [1.82, 2.24) is 9.88 Å². The Morgan fingerprint density at radius 2 is 2.16 bits per heavy atom. The van der Waals surface area contributed by atoms with Crippen LogP contribution < -0.4 is 9.47 Å². The molecular weight excluding hydrogens is 438 g/mol. The first-order valence-corrected chi connectivity index (χ1v) is 11.4. The molecule has 1 aromatic heterocycles. The van der Waals surface area contributed by atoms with Crippen LogP contribution >= 0.6 is 23.1 Å². The van der Waals surface area contributed by atoms with E-state index in [1.807, 2.05) is 12.3 Å². The van der Waals surface area contributed by atoms with E-state index >= 15 is 0 Å². The van der Waals surface area contributed by atoms with Gasteiger partial charge in [0.05, 0.1) is 12.0 Å². The monoisotopic (exact) mass is 461 g/mol. The molecule has 0 radical (unpaired) electrons. The second-order valence-corrected chi connectivity index (χ2v) is 8.42. The van der Waals surface area contributed by atoms with Crippen molar-refractivity contribution in [1.29, 1.82) is 0 Å². The minimum Gasteiger partial charge on any atom is -0.493 e. The molecule has 31 heavy (non-hydrogen) atoms. The predicted molar refractivity (Wildman–Crippen MR) is 122 cm³/mol. The van der Waals surface area contributed by atoms with Gasteiger partial charge in [-0.15, -0.1) is 11.3 Å². The Hall–Kier alpha value is -2.85. The number of hydrogen-bond acceptors (Lipinski definition) is 8. The molecule has 1 aliphatic rings. The number of carboxylic acids is 1. The van der Waals surface area contributed by atoms with Crippen molar-refractivity contribution < 1.29 is 24.2 Å². The van der Waals surface area contributed by atoms with Crippen molar-refractivity contribution in [3.05, 3.63) is 40.2 Å². The Kier molecular flexibility index (Phi) is 7.69. The van der Waals surface area contributed by atoms with Gasteiger partial charge in [-0.1, -0.05) is 19.9 Å². The maximum Gasteiger partial charge on any atom is 0.344 e. The number of thiazole rings is 1. The number of benzene rings is 1. The normalized spacial score (nSPS) is 17.4. The largest absolute Gasteiger partial charge is 0.493 e. The molecule has 1 fully saturated rings. The summed E-state index contributed by atoms with van der Waals surface area (Å²) < 4.78 is 10.9. The quantitative estimate of drug-likeness (QED) is 0.552. The summed E-state index contributed by atoms with van der Waals surface area (Å²) in [7, 11) is 1.48. The number of thioether (sulfide) groups is 1. The number of aliphatic imine (C=N–C) groups is 1. The van der Waals surface area contributed by atoms with E-state index < -0.39 is 12.1 Å². The molecular formula is C21H23N3O5S2. The number of hydrogen-bond donors (Lipinski definition) is 1. The highest BCUT2D eigenvalue weighted by molar-refractivity contribution is 8.18. The van der Waals surface area contributed by atoms with E-state index in [0.29, 0.717) is 39.7 Å². The van der Waals surface area contributed by atoms with Crippen LogP contribution in [0, 0.1) is 0 Å². The zero-order valence-electron chi connectivity index (χ0n) is 17.4. The number of carboxylic acid groups (broad SMARTS) is 1. The number of ether oxygens (including phenoxy) is 2. The summed E-state index contributed by atoms with van der Waals surface area (Å²) in [6.45, 7) is 4.31. The smallest absolute Gasteiger partial charge is 0.344 e. The van der Waals surface area contributed by atoms with E-state index in [1.165, 1.54) is 30.2 Å². The molecule has 0 aliphatic carbocycles. The van der Waals surface area contributed by atoms with Crippen molar-refractivity contribution in [2.45, 2.75) is 32.8 Å². The van der Waals surface area contributed by atoms with Crippen molar-refractivity contribution >= 4 is 51.4 Å². The zero-order valence-corrected chi connectivity index (χ0v) is 19.0. The third-order valence-electron chi connectivity index (χ3n) is 4.35. The number of amides is 1. The summed E-state index contributed by atoms with van der Waals surface area (Å²) in [6.07, 6.45) is 3.61. The van der Waals surface area contributed by atoms with Crippen LogP contribution in [-0.2, 0) is 9.59 Å². The Balaban J connectivity index is 1.88. The molecule has 0 saturated carbocycles. The van der Waals surface area contributed by atoms with Gasteiger partial charge in [0.1, 0.15) is 0 Å². The molecule has 3 rings (SSSR count). The van der Waals surface area contributed by atoms with E-state index in [0.717, 1.165) is 12.0 Å². The fraction of sp³-hybridized carbons (Fsp3) is 0.333. The summed E-state index contributed by atoms with van der Waals surface area (Å²) >= 11 is 2.71. The summed E-state index contributed by atoms with van der Waals surface area (Å²) in [6, 6.07) is 5.12. The molecule has 1 saturated heterocycles. The van der Waals surface area contributed by atoms with Crippen molar-refractivity contribution in [2.24, 2.45) is 4.99 Å². The van der Waals surface area contributed by atoms with E-state index in [-0.39, 0.29) is 5.91 Å². The minimum atomic E-state index is -1.04. The molecule has 2 aromatic rings. The van der Waals surface area contributed by atoms with Gasteiger partial charge in [0.15, 0.2) is 22.8 Å². The number of nitrogens with zero attached hydrogens (tertiary/aromatic N) is 3. The molecule has 1 aromatic carbocycles. The van der Waals surface area contributed by atoms with E-state index in [4.69, 9.17) is 9.47 Å². The summed E-state index contributed by atoms with van der Waals surface area (Å²) in [5.74, 6) is -0.417. The van der Waals surface area contributed by atoms with Gasteiger partial charge in [-0.3, -0.25) is 9.69 Å². The fourth-order valence-electron chi connectivity index (χ4n) is 2.85. The van der Waals surface area contributed by atoms with Crippen LogP contribution in [0.15, 0.2) is 39.7 Å². The fourth-order valence-corrected chi connectivity index (χ4v) is 4.42. The van der Waals surface area contributed by atoms with E-state index in [9.17, 15) is 14.7 Å². The number of carbonyl (C=O) groups excluding carboxylic acids is 1. The lowest BCUT2D eigenvalue weighted by atomic mass is 10.1. The van der Waals surface area contributed by atoms with Crippen molar-refractivity contribution in [2.75, 3.05) is 13.7 Å². The standard InChI is InChI=1S/C21H23N3O5S2/c1-4-9-24-18(25)17(31-21(24)23-20-22-8-10-30-20)12-13-6-7-15(16(11-13)28-3)29-14(5-2)19(26)27/h6-8,10-12,14H,4-5,9H2,1-3H3,(H,26,27)/b17-12+,23-21+. The Labute approximate surface area is 188 Å². The van der Waals surface area contributed by atoms with Gasteiger partial charge in [0.2, 0.25) is 5.13 Å². The third kappa shape index (κ3) is 5.45.